The highest BCUT2D eigenvalue weighted by Gasteiger charge is 2.13. The van der Waals surface area contributed by atoms with Gasteiger partial charge in [-0.15, -0.1) is 10.2 Å². The van der Waals surface area contributed by atoms with Crippen LogP contribution in [0.25, 0.3) is 16.6 Å². The molecule has 0 saturated carbocycles. The minimum Gasteiger partial charge on any atom is -0.325 e. The van der Waals surface area contributed by atoms with Gasteiger partial charge in [-0.05, 0) is 42.8 Å². The van der Waals surface area contributed by atoms with E-state index in [1.807, 2.05) is 35.6 Å². The standard InChI is InChI=1S/C20H15N5OS/c1-13-9-18-23-24-20(25(18)17-8-3-2-7-16(13)17)27-12-19(26)22-15-6-4-5-14(10-15)11-21/h2-10H,12H2,1H3,(H,22,26). The lowest BCUT2D eigenvalue weighted by Gasteiger charge is -2.07. The first-order valence-electron chi connectivity index (χ1n) is 8.32. The van der Waals surface area contributed by atoms with Crippen LogP contribution in [0.1, 0.15) is 11.1 Å². The number of hydrogen-bond acceptors (Lipinski definition) is 5. The molecule has 0 bridgehead atoms. The highest BCUT2D eigenvalue weighted by molar-refractivity contribution is 7.99. The molecule has 132 valence electrons. The number of para-hydroxylation sites is 1. The summed E-state index contributed by atoms with van der Waals surface area (Å²) >= 11 is 1.33. The van der Waals surface area contributed by atoms with Gasteiger partial charge in [0.15, 0.2) is 10.8 Å². The third kappa shape index (κ3) is 3.35. The van der Waals surface area contributed by atoms with Crippen molar-refractivity contribution in [2.75, 3.05) is 11.1 Å². The Morgan fingerprint density at radius 3 is 2.89 bits per heavy atom. The summed E-state index contributed by atoms with van der Waals surface area (Å²) < 4.78 is 1.97. The molecule has 0 unspecified atom stereocenters. The fraction of sp³-hybridized carbons (Fsp3) is 0.100. The second-order valence-corrected chi connectivity index (χ2v) is 6.99. The number of aromatic nitrogens is 3. The van der Waals surface area contributed by atoms with E-state index >= 15 is 0 Å². The number of rotatable bonds is 4. The van der Waals surface area contributed by atoms with Crippen LogP contribution in [0.15, 0.2) is 59.8 Å². The van der Waals surface area contributed by atoms with E-state index in [4.69, 9.17) is 5.26 Å². The van der Waals surface area contributed by atoms with Crippen molar-refractivity contribution in [3.8, 4) is 6.07 Å². The molecule has 0 saturated heterocycles. The molecule has 6 nitrogen and oxygen atoms in total. The first-order valence-corrected chi connectivity index (χ1v) is 9.30. The number of pyridine rings is 1. The van der Waals surface area contributed by atoms with Gasteiger partial charge in [-0.25, -0.2) is 0 Å². The molecular formula is C20H15N5OS. The Balaban J connectivity index is 1.56. The molecule has 2 heterocycles. The van der Waals surface area contributed by atoms with Gasteiger partial charge >= 0.3 is 0 Å². The molecule has 7 heteroatoms. The van der Waals surface area contributed by atoms with Crippen molar-refractivity contribution in [3.63, 3.8) is 0 Å². The zero-order valence-electron chi connectivity index (χ0n) is 14.5. The summed E-state index contributed by atoms with van der Waals surface area (Å²) in [5, 5.41) is 22.0. The summed E-state index contributed by atoms with van der Waals surface area (Å²) in [6.45, 7) is 2.05. The van der Waals surface area contributed by atoms with Gasteiger partial charge < -0.3 is 5.32 Å². The molecule has 0 aliphatic carbocycles. The van der Waals surface area contributed by atoms with E-state index in [-0.39, 0.29) is 11.7 Å². The van der Waals surface area contributed by atoms with Crippen molar-refractivity contribution in [1.29, 1.82) is 5.26 Å². The number of amides is 1. The summed E-state index contributed by atoms with van der Waals surface area (Å²) in [6, 6.07) is 18.9. The molecule has 2 aromatic carbocycles. The molecule has 0 spiro atoms. The van der Waals surface area contributed by atoms with E-state index in [1.54, 1.807) is 24.3 Å². The van der Waals surface area contributed by atoms with Crippen LogP contribution in [0, 0.1) is 18.3 Å². The van der Waals surface area contributed by atoms with E-state index in [0.29, 0.717) is 16.4 Å². The predicted molar refractivity (Wildman–Crippen MR) is 106 cm³/mol. The van der Waals surface area contributed by atoms with Crippen LogP contribution in [0.5, 0.6) is 0 Å². The third-order valence-electron chi connectivity index (χ3n) is 4.18. The molecule has 0 fully saturated rings. The second kappa shape index (κ2) is 7.09. The lowest BCUT2D eigenvalue weighted by molar-refractivity contribution is -0.113. The number of thioether (sulfide) groups is 1. The number of aryl methyl sites for hydroxylation is 1. The van der Waals surface area contributed by atoms with Crippen molar-refractivity contribution in [1.82, 2.24) is 14.6 Å². The van der Waals surface area contributed by atoms with E-state index in [2.05, 4.69) is 27.6 Å². The average molecular weight is 373 g/mol. The lowest BCUT2D eigenvalue weighted by atomic mass is 10.1. The molecule has 2 aromatic heterocycles. The Kier molecular flexibility index (Phi) is 4.48. The zero-order valence-corrected chi connectivity index (χ0v) is 15.3. The van der Waals surface area contributed by atoms with Crippen LogP contribution in [0.3, 0.4) is 0 Å². The largest absolute Gasteiger partial charge is 0.325 e. The monoisotopic (exact) mass is 373 g/mol. The first-order chi connectivity index (χ1) is 13.2. The Bertz CT molecular complexity index is 1210. The van der Waals surface area contributed by atoms with Gasteiger partial charge in [-0.3, -0.25) is 9.20 Å². The van der Waals surface area contributed by atoms with E-state index < -0.39 is 0 Å². The van der Waals surface area contributed by atoms with Crippen molar-refractivity contribution in [2.45, 2.75) is 12.1 Å². The molecule has 0 radical (unpaired) electrons. The molecule has 0 atom stereocenters. The van der Waals surface area contributed by atoms with Crippen molar-refractivity contribution in [2.24, 2.45) is 0 Å². The van der Waals surface area contributed by atoms with Crippen LogP contribution in [-0.4, -0.2) is 26.3 Å². The summed E-state index contributed by atoms with van der Waals surface area (Å²) in [4.78, 5) is 12.3. The van der Waals surface area contributed by atoms with Gasteiger partial charge in [0.1, 0.15) is 0 Å². The number of hydrogen-bond donors (Lipinski definition) is 1. The number of benzene rings is 2. The van der Waals surface area contributed by atoms with Gasteiger partial charge in [0.25, 0.3) is 0 Å². The smallest absolute Gasteiger partial charge is 0.234 e. The van der Waals surface area contributed by atoms with Crippen LogP contribution >= 0.6 is 11.8 Å². The number of nitrogens with zero attached hydrogens (tertiary/aromatic N) is 4. The molecule has 1 N–H and O–H groups in total. The summed E-state index contributed by atoms with van der Waals surface area (Å²) in [6.07, 6.45) is 0. The Hall–Kier alpha value is -3.37. The minimum atomic E-state index is -0.164. The normalized spacial score (nSPS) is 10.8. The Labute approximate surface area is 159 Å². The topological polar surface area (TPSA) is 83.1 Å². The lowest BCUT2D eigenvalue weighted by Crippen LogP contribution is -2.14. The SMILES string of the molecule is Cc1cc2nnc(SCC(=O)Nc3cccc(C#N)c3)n2c2ccccc12. The number of carbonyl (C=O) groups excluding carboxylic acids is 1. The highest BCUT2D eigenvalue weighted by Crippen LogP contribution is 2.25. The fourth-order valence-corrected chi connectivity index (χ4v) is 3.71. The molecule has 0 aliphatic rings. The fourth-order valence-electron chi connectivity index (χ4n) is 2.96. The molecule has 1 amide bonds. The maximum Gasteiger partial charge on any atom is 0.234 e. The third-order valence-corrected chi connectivity index (χ3v) is 5.11. The van der Waals surface area contributed by atoms with E-state index in [9.17, 15) is 4.79 Å². The predicted octanol–water partition coefficient (Wildman–Crippen LogP) is 3.79. The summed E-state index contributed by atoms with van der Waals surface area (Å²) in [7, 11) is 0. The van der Waals surface area contributed by atoms with Gasteiger partial charge in [-0.2, -0.15) is 5.26 Å². The average Bonchev–Trinajstić information content (AvgIpc) is 3.09. The van der Waals surface area contributed by atoms with Gasteiger partial charge in [-0.1, -0.05) is 36.0 Å². The summed E-state index contributed by atoms with van der Waals surface area (Å²) in [5.41, 5.74) is 4.02. The van der Waals surface area contributed by atoms with E-state index in [0.717, 1.165) is 22.1 Å². The second-order valence-electron chi connectivity index (χ2n) is 6.05. The van der Waals surface area contributed by atoms with Gasteiger partial charge in [0.2, 0.25) is 5.91 Å². The van der Waals surface area contributed by atoms with Crippen molar-refractivity contribution >= 4 is 39.9 Å². The van der Waals surface area contributed by atoms with E-state index in [1.165, 1.54) is 11.8 Å². The summed E-state index contributed by atoms with van der Waals surface area (Å²) in [5.74, 6) is 0.0306. The van der Waals surface area contributed by atoms with Gasteiger partial charge in [0.05, 0.1) is 22.9 Å². The number of anilines is 1. The van der Waals surface area contributed by atoms with Crippen molar-refractivity contribution in [3.05, 3.63) is 65.7 Å². The first kappa shape index (κ1) is 17.1. The molecule has 4 aromatic rings. The number of fused-ring (bicyclic) bond motifs is 3. The van der Waals surface area contributed by atoms with Crippen molar-refractivity contribution < 1.29 is 4.79 Å². The number of nitrogens with one attached hydrogen (secondary N) is 1. The molecule has 4 rings (SSSR count). The quantitative estimate of drug-likeness (QED) is 0.550. The molecule has 27 heavy (non-hydrogen) atoms. The van der Waals surface area contributed by atoms with Crippen LogP contribution in [0.4, 0.5) is 5.69 Å². The zero-order chi connectivity index (χ0) is 18.8. The van der Waals surface area contributed by atoms with Crippen LogP contribution in [0.2, 0.25) is 0 Å². The van der Waals surface area contributed by atoms with Gasteiger partial charge in [0, 0.05) is 11.1 Å². The molecule has 0 aliphatic heterocycles. The van der Waals surface area contributed by atoms with Crippen LogP contribution < -0.4 is 5.32 Å². The number of carbonyl (C=O) groups is 1. The Morgan fingerprint density at radius 2 is 2.04 bits per heavy atom. The number of nitriles is 1. The molecular weight excluding hydrogens is 358 g/mol. The maximum atomic E-state index is 12.3. The van der Waals surface area contributed by atoms with Crippen LogP contribution in [-0.2, 0) is 4.79 Å². The minimum absolute atomic E-state index is 0.164. The maximum absolute atomic E-state index is 12.3. The Morgan fingerprint density at radius 1 is 1.19 bits per heavy atom. The highest BCUT2D eigenvalue weighted by atomic mass is 32.2.